The molecule has 0 saturated heterocycles. The number of halogens is 1. The van der Waals surface area contributed by atoms with Gasteiger partial charge in [0.15, 0.2) is 10.3 Å². The van der Waals surface area contributed by atoms with Crippen LogP contribution in [0.2, 0.25) is 0 Å². The maximum Gasteiger partial charge on any atom is 0.151 e. The van der Waals surface area contributed by atoms with Crippen LogP contribution in [0, 0.1) is 10.8 Å². The molecule has 0 aromatic heterocycles. The topological polar surface area (TPSA) is 99.7 Å². The van der Waals surface area contributed by atoms with Crippen molar-refractivity contribution in [2.45, 2.75) is 6.42 Å². The summed E-state index contributed by atoms with van der Waals surface area (Å²) < 4.78 is 0. The third-order valence-corrected chi connectivity index (χ3v) is 2.41. The van der Waals surface area contributed by atoms with Gasteiger partial charge in [-0.3, -0.25) is 10.8 Å². The van der Waals surface area contributed by atoms with Crippen LogP contribution in [0.4, 0.5) is 0 Å². The van der Waals surface area contributed by atoms with Crippen molar-refractivity contribution >= 4 is 50.8 Å². The maximum absolute atomic E-state index is 6.88. The molecule has 0 aromatic rings. The van der Waals surface area contributed by atoms with E-state index in [0.717, 1.165) is 17.9 Å². The van der Waals surface area contributed by atoms with Crippen molar-refractivity contribution < 1.29 is 0 Å². The van der Waals surface area contributed by atoms with Gasteiger partial charge in [-0.1, -0.05) is 23.5 Å². The van der Waals surface area contributed by atoms with Gasteiger partial charge in [0.2, 0.25) is 0 Å². The van der Waals surface area contributed by atoms with Gasteiger partial charge < -0.3 is 11.5 Å². The molecule has 0 atom stereocenters. The van der Waals surface area contributed by atoms with E-state index in [2.05, 4.69) is 0 Å². The first-order chi connectivity index (χ1) is 5.13. The van der Waals surface area contributed by atoms with Crippen molar-refractivity contribution in [1.29, 1.82) is 10.8 Å². The summed E-state index contributed by atoms with van der Waals surface area (Å²) in [6.07, 6.45) is 0.925. The normalized spacial score (nSPS) is 8.67. The highest BCUT2D eigenvalue weighted by atomic mass is 79.9. The van der Waals surface area contributed by atoms with E-state index in [1.807, 2.05) is 0 Å². The number of hydrogen-bond donors (Lipinski definition) is 4. The van der Waals surface area contributed by atoms with Crippen LogP contribution in [0.25, 0.3) is 0 Å². The number of nitrogens with two attached hydrogens (primary N) is 2. The lowest BCUT2D eigenvalue weighted by Gasteiger charge is -1.97. The van der Waals surface area contributed by atoms with E-state index in [-0.39, 0.29) is 27.3 Å². The second-order valence-corrected chi connectivity index (χ2v) is 4.05. The fraction of sp³-hybridized carbons (Fsp3) is 0.600. The Morgan fingerprint density at radius 2 is 1.33 bits per heavy atom. The fourth-order valence-electron chi connectivity index (χ4n) is 0.423. The van der Waals surface area contributed by atoms with Gasteiger partial charge in [0.05, 0.1) is 0 Å². The molecule has 0 aliphatic carbocycles. The summed E-state index contributed by atoms with van der Waals surface area (Å²) in [6.45, 7) is 0. The zero-order chi connectivity index (χ0) is 8.69. The lowest BCUT2D eigenvalue weighted by Crippen LogP contribution is -2.06. The molecule has 0 radical (unpaired) electrons. The van der Waals surface area contributed by atoms with Crippen LogP contribution in [-0.4, -0.2) is 21.8 Å². The highest BCUT2D eigenvalue weighted by molar-refractivity contribution is 8.93. The Bertz CT molecular complexity index is 136. The first-order valence-corrected chi connectivity index (χ1v) is 5.03. The predicted octanol–water partition coefficient (Wildman–Crippen LogP) is 1.21. The van der Waals surface area contributed by atoms with E-state index in [1.165, 1.54) is 23.5 Å². The molecule has 0 saturated carbocycles. The molecule has 0 aliphatic heterocycles. The fourth-order valence-corrected chi connectivity index (χ4v) is 1.62. The number of nitrogens with one attached hydrogen (secondary N) is 2. The monoisotopic (exact) mass is 272 g/mol. The summed E-state index contributed by atoms with van der Waals surface area (Å²) in [5.41, 5.74) is 10.2. The van der Waals surface area contributed by atoms with Crippen molar-refractivity contribution in [3.8, 4) is 0 Å². The molecule has 0 fully saturated rings. The van der Waals surface area contributed by atoms with Crippen LogP contribution in [0.15, 0.2) is 0 Å². The average Bonchev–Trinajstić information content (AvgIpc) is 1.85. The van der Waals surface area contributed by atoms with E-state index in [4.69, 9.17) is 22.3 Å². The van der Waals surface area contributed by atoms with E-state index in [0.29, 0.717) is 0 Å². The van der Waals surface area contributed by atoms with Gasteiger partial charge in [0, 0.05) is 11.5 Å². The minimum Gasteiger partial charge on any atom is -0.379 e. The second-order valence-electron chi connectivity index (χ2n) is 1.78. The second kappa shape index (κ2) is 9.21. The molecule has 0 heterocycles. The summed E-state index contributed by atoms with van der Waals surface area (Å²) in [5, 5.41) is 14.1. The third-order valence-electron chi connectivity index (χ3n) is 0.804. The molecule has 7 heteroatoms. The van der Waals surface area contributed by atoms with E-state index < -0.39 is 0 Å². The summed E-state index contributed by atoms with van der Waals surface area (Å²) in [4.78, 5) is 0. The van der Waals surface area contributed by atoms with Gasteiger partial charge in [-0.05, 0) is 6.42 Å². The van der Waals surface area contributed by atoms with Gasteiger partial charge >= 0.3 is 0 Å². The van der Waals surface area contributed by atoms with E-state index in [1.54, 1.807) is 0 Å². The van der Waals surface area contributed by atoms with Gasteiger partial charge in [-0.25, -0.2) is 0 Å². The minimum absolute atomic E-state index is 0. The first-order valence-electron chi connectivity index (χ1n) is 3.06. The lowest BCUT2D eigenvalue weighted by molar-refractivity contribution is 1.13. The highest BCUT2D eigenvalue weighted by Crippen LogP contribution is 2.06. The van der Waals surface area contributed by atoms with Crippen LogP contribution in [0.3, 0.4) is 0 Å². The molecular weight excluding hydrogens is 260 g/mol. The Labute approximate surface area is 91.0 Å². The number of hydrogen-bond acceptors (Lipinski definition) is 4. The van der Waals surface area contributed by atoms with Gasteiger partial charge in [-0.2, -0.15) is 0 Å². The van der Waals surface area contributed by atoms with Crippen molar-refractivity contribution in [3.05, 3.63) is 0 Å². The van der Waals surface area contributed by atoms with Crippen molar-refractivity contribution in [3.63, 3.8) is 0 Å². The summed E-state index contributed by atoms with van der Waals surface area (Å²) in [6, 6.07) is 0. The van der Waals surface area contributed by atoms with E-state index >= 15 is 0 Å². The maximum atomic E-state index is 6.88. The summed E-state index contributed by atoms with van der Waals surface area (Å²) in [5.74, 6) is 1.66. The quantitative estimate of drug-likeness (QED) is 0.351. The Kier molecular flexibility index (Phi) is 11.2. The molecular formula is C5H13BrN4S2. The van der Waals surface area contributed by atoms with Crippen molar-refractivity contribution in [2.75, 3.05) is 11.5 Å². The zero-order valence-corrected chi connectivity index (χ0v) is 9.85. The van der Waals surface area contributed by atoms with Crippen molar-refractivity contribution in [1.82, 2.24) is 0 Å². The van der Waals surface area contributed by atoms with E-state index in [9.17, 15) is 0 Å². The predicted molar refractivity (Wildman–Crippen MR) is 63.7 cm³/mol. The molecule has 0 aromatic carbocycles. The third kappa shape index (κ3) is 12.8. The van der Waals surface area contributed by atoms with Crippen molar-refractivity contribution in [2.24, 2.45) is 11.5 Å². The molecule has 0 aliphatic rings. The molecule has 0 rings (SSSR count). The Morgan fingerprint density at radius 3 is 1.58 bits per heavy atom. The molecule has 0 unspecified atom stereocenters. The number of rotatable bonds is 4. The summed E-state index contributed by atoms with van der Waals surface area (Å²) >= 11 is 2.64. The van der Waals surface area contributed by atoms with Crippen LogP contribution >= 0.6 is 40.5 Å². The Hall–Kier alpha value is 0.120. The molecule has 0 amide bonds. The SMILES string of the molecule is Br.N=C(N)SCCCSC(=N)N. The molecule has 0 bridgehead atoms. The average molecular weight is 273 g/mol. The van der Waals surface area contributed by atoms with Crippen LogP contribution in [0.5, 0.6) is 0 Å². The Balaban J connectivity index is 0. The molecule has 72 valence electrons. The highest BCUT2D eigenvalue weighted by Gasteiger charge is 1.93. The number of thioether (sulfide) groups is 2. The molecule has 12 heavy (non-hydrogen) atoms. The standard InChI is InChI=1S/C5H12N4S2.BrH/c6-4(7)10-2-1-3-11-5(8)9;/h1-3H2,(H3,6,7)(H3,8,9);1H. The van der Waals surface area contributed by atoms with Crippen LogP contribution in [0.1, 0.15) is 6.42 Å². The van der Waals surface area contributed by atoms with Crippen LogP contribution in [-0.2, 0) is 0 Å². The van der Waals surface area contributed by atoms with Gasteiger partial charge in [0.1, 0.15) is 0 Å². The lowest BCUT2D eigenvalue weighted by atomic mass is 10.6. The smallest absolute Gasteiger partial charge is 0.151 e. The number of amidine groups is 2. The minimum atomic E-state index is 0. The summed E-state index contributed by atoms with van der Waals surface area (Å²) in [7, 11) is 0. The first kappa shape index (κ1) is 14.6. The van der Waals surface area contributed by atoms with Gasteiger partial charge in [0.25, 0.3) is 0 Å². The molecule has 4 nitrogen and oxygen atoms in total. The van der Waals surface area contributed by atoms with Crippen LogP contribution < -0.4 is 11.5 Å². The van der Waals surface area contributed by atoms with Gasteiger partial charge in [-0.15, -0.1) is 17.0 Å². The Morgan fingerprint density at radius 1 is 1.00 bits per heavy atom. The largest absolute Gasteiger partial charge is 0.379 e. The zero-order valence-electron chi connectivity index (χ0n) is 6.50. The molecule has 6 N–H and O–H groups in total. The molecule has 0 spiro atoms.